The van der Waals surface area contributed by atoms with Crippen LogP contribution in [-0.2, 0) is 11.3 Å². The molecule has 1 saturated heterocycles. The quantitative estimate of drug-likeness (QED) is 0.907. The molecule has 0 amide bonds. The summed E-state index contributed by atoms with van der Waals surface area (Å²) in [5.41, 5.74) is 1.25. The van der Waals surface area contributed by atoms with Crippen LogP contribution in [-0.4, -0.2) is 34.3 Å². The molecule has 1 aromatic carbocycles. The fourth-order valence-corrected chi connectivity index (χ4v) is 2.49. The molecule has 0 radical (unpaired) electrons. The predicted octanol–water partition coefficient (Wildman–Crippen LogP) is 2.37. The molecule has 2 N–H and O–H groups in total. The number of hydrogen-bond donors (Lipinski definition) is 2. The molecule has 22 heavy (non-hydrogen) atoms. The molecule has 0 spiro atoms. The van der Waals surface area contributed by atoms with Gasteiger partial charge in [-0.25, -0.2) is 14.4 Å². The summed E-state index contributed by atoms with van der Waals surface area (Å²) >= 11 is 0. The Bertz CT molecular complexity index is 628. The van der Waals surface area contributed by atoms with Crippen molar-refractivity contribution in [3.8, 4) is 11.1 Å². The highest BCUT2D eigenvalue weighted by Crippen LogP contribution is 2.24. The number of aliphatic hydroxyl groups excluding tert-OH is 1. The summed E-state index contributed by atoms with van der Waals surface area (Å²) in [6.07, 6.45) is 5.04. The van der Waals surface area contributed by atoms with Gasteiger partial charge in [-0.05, 0) is 12.8 Å². The number of nitrogens with one attached hydrogen (secondary N) is 1. The zero-order valence-corrected chi connectivity index (χ0v) is 12.1. The van der Waals surface area contributed by atoms with Gasteiger partial charge in [-0.2, -0.15) is 0 Å². The third-order valence-electron chi connectivity index (χ3n) is 3.77. The Morgan fingerprint density at radius 2 is 1.95 bits per heavy atom. The smallest absolute Gasteiger partial charge is 0.222 e. The topological polar surface area (TPSA) is 67.3 Å². The van der Waals surface area contributed by atoms with E-state index in [0.29, 0.717) is 23.1 Å². The lowest BCUT2D eigenvalue weighted by Gasteiger charge is -2.22. The minimum Gasteiger partial charge on any atom is -0.392 e. The van der Waals surface area contributed by atoms with Gasteiger partial charge in [0.2, 0.25) is 5.95 Å². The molecule has 3 rings (SSSR count). The maximum Gasteiger partial charge on any atom is 0.222 e. The molecule has 1 aromatic heterocycles. The Hall–Kier alpha value is -2.05. The van der Waals surface area contributed by atoms with E-state index in [2.05, 4.69) is 15.3 Å². The number of aliphatic hydroxyl groups is 1. The van der Waals surface area contributed by atoms with Gasteiger partial charge >= 0.3 is 0 Å². The van der Waals surface area contributed by atoms with Crippen LogP contribution >= 0.6 is 0 Å². The van der Waals surface area contributed by atoms with E-state index in [1.54, 1.807) is 30.6 Å². The van der Waals surface area contributed by atoms with Crippen molar-refractivity contribution in [2.75, 3.05) is 18.5 Å². The predicted molar refractivity (Wildman–Crippen MR) is 80.8 cm³/mol. The molecule has 0 unspecified atom stereocenters. The average molecular weight is 303 g/mol. The molecule has 0 atom stereocenters. The van der Waals surface area contributed by atoms with E-state index >= 15 is 0 Å². The van der Waals surface area contributed by atoms with Crippen LogP contribution in [0.2, 0.25) is 0 Å². The highest BCUT2D eigenvalue weighted by molar-refractivity contribution is 5.63. The van der Waals surface area contributed by atoms with Crippen molar-refractivity contribution in [1.82, 2.24) is 9.97 Å². The summed E-state index contributed by atoms with van der Waals surface area (Å²) in [6.45, 7) is 1.16. The summed E-state index contributed by atoms with van der Waals surface area (Å²) in [7, 11) is 0. The van der Waals surface area contributed by atoms with E-state index in [9.17, 15) is 4.39 Å². The van der Waals surface area contributed by atoms with Crippen molar-refractivity contribution in [3.63, 3.8) is 0 Å². The van der Waals surface area contributed by atoms with Crippen LogP contribution in [0, 0.1) is 5.82 Å². The Morgan fingerprint density at radius 1 is 1.23 bits per heavy atom. The fraction of sp³-hybridized carbons (Fsp3) is 0.375. The molecule has 1 aliphatic heterocycles. The second-order valence-electron chi connectivity index (χ2n) is 5.26. The molecule has 1 aliphatic rings. The first-order chi connectivity index (χ1) is 10.8. The van der Waals surface area contributed by atoms with Gasteiger partial charge in [0.15, 0.2) is 0 Å². The zero-order valence-electron chi connectivity index (χ0n) is 12.1. The highest BCUT2D eigenvalue weighted by atomic mass is 19.1. The first kappa shape index (κ1) is 14.9. The van der Waals surface area contributed by atoms with Crippen LogP contribution in [0.1, 0.15) is 18.4 Å². The van der Waals surface area contributed by atoms with Crippen molar-refractivity contribution in [3.05, 3.63) is 42.0 Å². The van der Waals surface area contributed by atoms with Crippen LogP contribution in [0.15, 0.2) is 30.6 Å². The van der Waals surface area contributed by atoms with E-state index in [-0.39, 0.29) is 12.2 Å². The Kier molecular flexibility index (Phi) is 4.60. The van der Waals surface area contributed by atoms with Gasteiger partial charge in [0, 0.05) is 48.3 Å². The Balaban J connectivity index is 1.76. The first-order valence-corrected chi connectivity index (χ1v) is 7.33. The fourth-order valence-electron chi connectivity index (χ4n) is 2.49. The molecule has 6 heteroatoms. The van der Waals surface area contributed by atoms with E-state index in [1.807, 2.05) is 0 Å². The Labute approximate surface area is 128 Å². The van der Waals surface area contributed by atoms with Crippen molar-refractivity contribution < 1.29 is 14.2 Å². The number of ether oxygens (including phenoxy) is 1. The summed E-state index contributed by atoms with van der Waals surface area (Å²) in [4.78, 5) is 8.51. The molecule has 116 valence electrons. The standard InChI is InChI=1S/C16H18FN3O2/c17-15-11(10-21)2-1-3-14(15)12-8-18-16(19-9-12)20-13-4-6-22-7-5-13/h1-3,8-9,13,21H,4-7,10H2,(H,18,19,20). The van der Waals surface area contributed by atoms with Crippen LogP contribution in [0.3, 0.4) is 0 Å². The summed E-state index contributed by atoms with van der Waals surface area (Å²) in [6, 6.07) is 5.23. The van der Waals surface area contributed by atoms with E-state index < -0.39 is 5.82 Å². The van der Waals surface area contributed by atoms with Crippen molar-refractivity contribution in [1.29, 1.82) is 0 Å². The molecule has 2 heterocycles. The van der Waals surface area contributed by atoms with Crippen LogP contribution in [0.25, 0.3) is 11.1 Å². The van der Waals surface area contributed by atoms with E-state index in [4.69, 9.17) is 9.84 Å². The van der Waals surface area contributed by atoms with Gasteiger partial charge in [0.1, 0.15) is 5.82 Å². The van der Waals surface area contributed by atoms with E-state index in [1.165, 1.54) is 0 Å². The van der Waals surface area contributed by atoms with E-state index in [0.717, 1.165) is 26.1 Å². The first-order valence-electron chi connectivity index (χ1n) is 7.33. The maximum absolute atomic E-state index is 14.2. The summed E-state index contributed by atoms with van der Waals surface area (Å²) in [5, 5.41) is 12.4. The maximum atomic E-state index is 14.2. The lowest BCUT2D eigenvalue weighted by Crippen LogP contribution is -2.28. The van der Waals surface area contributed by atoms with Gasteiger partial charge in [0.05, 0.1) is 6.61 Å². The molecule has 0 aliphatic carbocycles. The molecular formula is C16H18FN3O2. The second-order valence-corrected chi connectivity index (χ2v) is 5.26. The number of halogens is 1. The Morgan fingerprint density at radius 3 is 2.64 bits per heavy atom. The number of hydrogen-bond acceptors (Lipinski definition) is 5. The number of aromatic nitrogens is 2. The molecule has 0 bridgehead atoms. The molecule has 2 aromatic rings. The number of benzene rings is 1. The van der Waals surface area contributed by atoms with Gasteiger partial charge < -0.3 is 15.2 Å². The van der Waals surface area contributed by atoms with Crippen LogP contribution in [0.5, 0.6) is 0 Å². The molecular weight excluding hydrogens is 285 g/mol. The highest BCUT2D eigenvalue weighted by Gasteiger charge is 2.15. The largest absolute Gasteiger partial charge is 0.392 e. The average Bonchev–Trinajstić information content (AvgIpc) is 2.57. The lowest BCUT2D eigenvalue weighted by molar-refractivity contribution is 0.0903. The van der Waals surface area contributed by atoms with Crippen LogP contribution in [0.4, 0.5) is 10.3 Å². The normalized spacial score (nSPS) is 15.7. The number of nitrogens with zero attached hydrogens (tertiary/aromatic N) is 2. The van der Waals surface area contributed by atoms with Crippen molar-refractivity contribution in [2.24, 2.45) is 0 Å². The van der Waals surface area contributed by atoms with Gasteiger partial charge in [-0.3, -0.25) is 0 Å². The zero-order chi connectivity index (χ0) is 15.4. The molecule has 1 fully saturated rings. The van der Waals surface area contributed by atoms with Crippen molar-refractivity contribution in [2.45, 2.75) is 25.5 Å². The minimum atomic E-state index is -0.432. The molecule has 0 saturated carbocycles. The van der Waals surface area contributed by atoms with Crippen molar-refractivity contribution >= 4 is 5.95 Å². The third kappa shape index (κ3) is 3.23. The van der Waals surface area contributed by atoms with Gasteiger partial charge in [-0.1, -0.05) is 18.2 Å². The SMILES string of the molecule is OCc1cccc(-c2cnc(NC3CCOCC3)nc2)c1F. The second kappa shape index (κ2) is 6.81. The lowest BCUT2D eigenvalue weighted by atomic mass is 10.1. The number of rotatable bonds is 4. The molecule has 5 nitrogen and oxygen atoms in total. The minimum absolute atomic E-state index is 0.266. The summed E-state index contributed by atoms with van der Waals surface area (Å²) < 4.78 is 19.5. The van der Waals surface area contributed by atoms with Gasteiger partial charge in [-0.15, -0.1) is 0 Å². The summed E-state index contributed by atoms with van der Waals surface area (Å²) in [5.74, 6) is 0.105. The number of anilines is 1. The monoisotopic (exact) mass is 303 g/mol. The third-order valence-corrected chi connectivity index (χ3v) is 3.77. The van der Waals surface area contributed by atoms with Crippen LogP contribution < -0.4 is 5.32 Å². The van der Waals surface area contributed by atoms with Gasteiger partial charge in [0.25, 0.3) is 0 Å².